The summed E-state index contributed by atoms with van der Waals surface area (Å²) in [6.07, 6.45) is 3.06. The highest BCUT2D eigenvalue weighted by Gasteiger charge is 1.97. The van der Waals surface area contributed by atoms with Gasteiger partial charge >= 0.3 is 0 Å². The summed E-state index contributed by atoms with van der Waals surface area (Å²) in [5.41, 5.74) is 0.838. The van der Waals surface area contributed by atoms with E-state index in [0.29, 0.717) is 16.0 Å². The van der Waals surface area contributed by atoms with Crippen LogP contribution < -0.4 is 5.32 Å². The first kappa shape index (κ1) is 10.2. The van der Waals surface area contributed by atoms with Gasteiger partial charge in [-0.2, -0.15) is 0 Å². The Hall–Kier alpha value is -1.32. The number of hydrogen-bond acceptors (Lipinski definition) is 3. The molecule has 2 aromatic rings. The van der Waals surface area contributed by atoms with E-state index in [1.54, 1.807) is 12.1 Å². The molecular formula is C10H7Cl2N3. The molecule has 0 saturated carbocycles. The summed E-state index contributed by atoms with van der Waals surface area (Å²) in [5.74, 6) is 0.488. The monoisotopic (exact) mass is 239 g/mol. The molecule has 1 aromatic heterocycles. The average molecular weight is 240 g/mol. The van der Waals surface area contributed by atoms with Gasteiger partial charge in [0.05, 0.1) is 17.4 Å². The molecule has 0 radical (unpaired) electrons. The largest absolute Gasteiger partial charge is 0.324 e. The molecule has 0 atom stereocenters. The predicted octanol–water partition coefficient (Wildman–Crippen LogP) is 3.53. The number of hydrogen-bond donors (Lipinski definition) is 1. The summed E-state index contributed by atoms with van der Waals surface area (Å²) in [5, 5.41) is 4.17. The summed E-state index contributed by atoms with van der Waals surface area (Å²) >= 11 is 11.5. The minimum absolute atomic E-state index is 0.488. The number of anilines is 2. The highest BCUT2D eigenvalue weighted by Crippen LogP contribution is 2.17. The Balaban J connectivity index is 2.18. The Morgan fingerprint density at radius 2 is 1.73 bits per heavy atom. The first-order valence-corrected chi connectivity index (χ1v) is 5.00. The zero-order chi connectivity index (χ0) is 10.7. The molecule has 0 fully saturated rings. The lowest BCUT2D eigenvalue weighted by molar-refractivity contribution is 1.17. The fourth-order valence-electron chi connectivity index (χ4n) is 1.07. The molecule has 1 N–H and O–H groups in total. The molecule has 0 saturated heterocycles. The molecule has 2 rings (SSSR count). The number of rotatable bonds is 2. The third-order valence-corrected chi connectivity index (χ3v) is 2.13. The molecular weight excluding hydrogens is 233 g/mol. The van der Waals surface area contributed by atoms with Gasteiger partial charge in [0.2, 0.25) is 5.95 Å². The van der Waals surface area contributed by atoms with Gasteiger partial charge in [0.25, 0.3) is 0 Å². The van der Waals surface area contributed by atoms with Crippen LogP contribution in [0.15, 0.2) is 36.7 Å². The molecule has 5 heteroatoms. The lowest BCUT2D eigenvalue weighted by Gasteiger charge is -2.03. The Labute approximate surface area is 97.1 Å². The van der Waals surface area contributed by atoms with Gasteiger partial charge in [-0.05, 0) is 18.2 Å². The van der Waals surface area contributed by atoms with Gasteiger partial charge in [-0.25, -0.2) is 9.97 Å². The van der Waals surface area contributed by atoms with Crippen molar-refractivity contribution in [3.63, 3.8) is 0 Å². The van der Waals surface area contributed by atoms with E-state index in [4.69, 9.17) is 23.2 Å². The van der Waals surface area contributed by atoms with Crippen molar-refractivity contribution in [1.82, 2.24) is 9.97 Å². The first-order chi connectivity index (χ1) is 7.24. The fourth-order valence-corrected chi connectivity index (χ4v) is 1.36. The van der Waals surface area contributed by atoms with E-state index in [0.717, 1.165) is 5.69 Å². The minimum Gasteiger partial charge on any atom is -0.324 e. The Morgan fingerprint density at radius 3 is 2.40 bits per heavy atom. The van der Waals surface area contributed by atoms with Crippen LogP contribution in [0.4, 0.5) is 11.6 Å². The van der Waals surface area contributed by atoms with Crippen molar-refractivity contribution in [2.24, 2.45) is 0 Å². The van der Waals surface area contributed by atoms with Crippen molar-refractivity contribution in [2.45, 2.75) is 0 Å². The molecule has 0 amide bonds. The van der Waals surface area contributed by atoms with E-state index in [1.807, 2.05) is 12.1 Å². The lowest BCUT2D eigenvalue weighted by atomic mass is 10.3. The van der Waals surface area contributed by atoms with E-state index >= 15 is 0 Å². The SMILES string of the molecule is Clc1cnc(Nc2cccc(Cl)c2)nc1. The molecule has 0 unspecified atom stereocenters. The highest BCUT2D eigenvalue weighted by atomic mass is 35.5. The predicted molar refractivity (Wildman–Crippen MR) is 61.8 cm³/mol. The summed E-state index contributed by atoms with van der Waals surface area (Å²) in [6.45, 7) is 0. The third-order valence-electron chi connectivity index (χ3n) is 1.70. The zero-order valence-corrected chi connectivity index (χ0v) is 9.13. The van der Waals surface area contributed by atoms with Crippen molar-refractivity contribution >= 4 is 34.8 Å². The number of aromatic nitrogens is 2. The van der Waals surface area contributed by atoms with Crippen molar-refractivity contribution in [3.05, 3.63) is 46.7 Å². The first-order valence-electron chi connectivity index (χ1n) is 4.24. The van der Waals surface area contributed by atoms with Crippen LogP contribution in [0.2, 0.25) is 10.0 Å². The van der Waals surface area contributed by atoms with Crippen LogP contribution in [0.1, 0.15) is 0 Å². The van der Waals surface area contributed by atoms with Crippen LogP contribution >= 0.6 is 23.2 Å². The van der Waals surface area contributed by atoms with Crippen LogP contribution in [-0.4, -0.2) is 9.97 Å². The minimum atomic E-state index is 0.488. The van der Waals surface area contributed by atoms with Crippen LogP contribution in [0.5, 0.6) is 0 Å². The van der Waals surface area contributed by atoms with E-state index in [-0.39, 0.29) is 0 Å². The molecule has 3 nitrogen and oxygen atoms in total. The normalized spacial score (nSPS) is 10.0. The molecule has 0 spiro atoms. The third kappa shape index (κ3) is 2.81. The van der Waals surface area contributed by atoms with Gasteiger partial charge in [0.1, 0.15) is 0 Å². The average Bonchev–Trinajstić information content (AvgIpc) is 2.22. The molecule has 15 heavy (non-hydrogen) atoms. The molecule has 0 aliphatic heterocycles. The van der Waals surface area contributed by atoms with Gasteiger partial charge in [-0.15, -0.1) is 0 Å². The summed E-state index contributed by atoms with van der Waals surface area (Å²) in [4.78, 5) is 8.01. The molecule has 1 aromatic carbocycles. The molecule has 0 aliphatic carbocycles. The van der Waals surface area contributed by atoms with Gasteiger partial charge in [0, 0.05) is 10.7 Å². The number of nitrogens with one attached hydrogen (secondary N) is 1. The van der Waals surface area contributed by atoms with Crippen LogP contribution in [-0.2, 0) is 0 Å². The second-order valence-corrected chi connectivity index (χ2v) is 3.73. The summed E-state index contributed by atoms with van der Waals surface area (Å²) < 4.78 is 0. The fraction of sp³-hybridized carbons (Fsp3) is 0. The zero-order valence-electron chi connectivity index (χ0n) is 7.61. The van der Waals surface area contributed by atoms with Gasteiger partial charge in [0.15, 0.2) is 0 Å². The quantitative estimate of drug-likeness (QED) is 0.872. The second-order valence-electron chi connectivity index (χ2n) is 2.86. The smallest absolute Gasteiger partial charge is 0.227 e. The number of halogens is 2. The van der Waals surface area contributed by atoms with Crippen molar-refractivity contribution in [1.29, 1.82) is 0 Å². The van der Waals surface area contributed by atoms with E-state index in [9.17, 15) is 0 Å². The summed E-state index contributed by atoms with van der Waals surface area (Å²) in [7, 11) is 0. The number of benzene rings is 1. The van der Waals surface area contributed by atoms with Crippen molar-refractivity contribution < 1.29 is 0 Å². The summed E-state index contributed by atoms with van der Waals surface area (Å²) in [6, 6.07) is 7.32. The van der Waals surface area contributed by atoms with Crippen molar-refractivity contribution in [3.8, 4) is 0 Å². The molecule has 1 heterocycles. The standard InChI is InChI=1S/C10H7Cl2N3/c11-7-2-1-3-9(4-7)15-10-13-5-8(12)6-14-10/h1-6H,(H,13,14,15). The van der Waals surface area contributed by atoms with Crippen LogP contribution in [0, 0.1) is 0 Å². The maximum atomic E-state index is 5.83. The van der Waals surface area contributed by atoms with Gasteiger partial charge in [-0.1, -0.05) is 29.3 Å². The molecule has 76 valence electrons. The maximum Gasteiger partial charge on any atom is 0.227 e. The van der Waals surface area contributed by atoms with E-state index in [2.05, 4.69) is 15.3 Å². The van der Waals surface area contributed by atoms with Gasteiger partial charge < -0.3 is 5.32 Å². The van der Waals surface area contributed by atoms with Crippen molar-refractivity contribution in [2.75, 3.05) is 5.32 Å². The lowest BCUT2D eigenvalue weighted by Crippen LogP contribution is -1.95. The Bertz CT molecular complexity index is 456. The number of nitrogens with zero attached hydrogens (tertiary/aromatic N) is 2. The Morgan fingerprint density at radius 1 is 1.00 bits per heavy atom. The van der Waals surface area contributed by atoms with E-state index in [1.165, 1.54) is 12.4 Å². The second kappa shape index (κ2) is 4.47. The maximum absolute atomic E-state index is 5.83. The van der Waals surface area contributed by atoms with Crippen LogP contribution in [0.25, 0.3) is 0 Å². The Kier molecular flexibility index (Phi) is 3.04. The highest BCUT2D eigenvalue weighted by molar-refractivity contribution is 6.31. The molecule has 0 aliphatic rings. The molecule has 0 bridgehead atoms. The topological polar surface area (TPSA) is 37.8 Å². The van der Waals surface area contributed by atoms with E-state index < -0.39 is 0 Å². The van der Waals surface area contributed by atoms with Gasteiger partial charge in [-0.3, -0.25) is 0 Å². The van der Waals surface area contributed by atoms with Crippen LogP contribution in [0.3, 0.4) is 0 Å².